The Bertz CT molecular complexity index is 695. The fourth-order valence-electron chi connectivity index (χ4n) is 1.57. The van der Waals surface area contributed by atoms with Gasteiger partial charge in [-0.05, 0) is 18.2 Å². The molecule has 0 saturated carbocycles. The van der Waals surface area contributed by atoms with Crippen LogP contribution in [0, 0.1) is 11.5 Å². The number of aliphatic carboxylic acids is 1. The second-order valence-electron chi connectivity index (χ2n) is 4.46. The molecule has 126 valence electrons. The number of nitrogens with one attached hydrogen (secondary N) is 3. The molecule has 24 heavy (non-hydrogen) atoms. The molecular weight excluding hydrogens is 316 g/mol. The molecule has 0 aliphatic rings. The lowest BCUT2D eigenvalue weighted by atomic mass is 10.2. The maximum absolute atomic E-state index is 12.0. The molecule has 6 N–H and O–H groups in total. The second-order valence-corrected chi connectivity index (χ2v) is 4.46. The molecule has 0 atom stereocenters. The summed E-state index contributed by atoms with van der Waals surface area (Å²) < 4.78 is 0. The van der Waals surface area contributed by atoms with Crippen LogP contribution in [0.2, 0.25) is 0 Å². The summed E-state index contributed by atoms with van der Waals surface area (Å²) in [5, 5.41) is 23.8. The van der Waals surface area contributed by atoms with Gasteiger partial charge in [-0.2, -0.15) is 5.26 Å². The normalized spacial score (nSPS) is 10.4. The van der Waals surface area contributed by atoms with E-state index in [1.165, 1.54) is 12.1 Å². The van der Waals surface area contributed by atoms with Crippen molar-refractivity contribution < 1.29 is 19.5 Å². The molecule has 0 aliphatic carbocycles. The van der Waals surface area contributed by atoms with Crippen LogP contribution in [0.25, 0.3) is 0 Å². The average Bonchev–Trinajstić information content (AvgIpc) is 2.52. The molecule has 0 fully saturated rings. The zero-order valence-corrected chi connectivity index (χ0v) is 12.6. The standard InChI is InChI=1S/C14H16N6O4/c15-8-19-14(16)20-10-3-1-2-9(6-10)13(24)18-7-11(21)17-5-4-12(22)23/h1-3,6H,4-5,7H2,(H,17,21)(H,18,24)(H,22,23)(H3,16,19,20). The van der Waals surface area contributed by atoms with Crippen molar-refractivity contribution in [3.63, 3.8) is 0 Å². The van der Waals surface area contributed by atoms with Crippen molar-refractivity contribution in [1.82, 2.24) is 16.0 Å². The summed E-state index contributed by atoms with van der Waals surface area (Å²) in [6, 6.07) is 6.11. The summed E-state index contributed by atoms with van der Waals surface area (Å²) in [5.74, 6) is -2.15. The molecule has 0 radical (unpaired) electrons. The average molecular weight is 332 g/mol. The Labute approximate surface area is 137 Å². The highest BCUT2D eigenvalue weighted by Crippen LogP contribution is 2.13. The van der Waals surface area contributed by atoms with Crippen LogP contribution >= 0.6 is 0 Å². The van der Waals surface area contributed by atoms with Crippen LogP contribution in [0.3, 0.4) is 0 Å². The van der Waals surface area contributed by atoms with Gasteiger partial charge in [0.1, 0.15) is 0 Å². The van der Waals surface area contributed by atoms with Crippen LogP contribution < -0.4 is 21.7 Å². The summed E-state index contributed by atoms with van der Waals surface area (Å²) >= 11 is 0. The third-order valence-corrected chi connectivity index (χ3v) is 2.61. The van der Waals surface area contributed by atoms with Crippen LogP contribution in [0.5, 0.6) is 0 Å². The maximum Gasteiger partial charge on any atom is 0.305 e. The second kappa shape index (κ2) is 9.42. The van der Waals surface area contributed by atoms with E-state index in [-0.39, 0.29) is 31.0 Å². The molecule has 0 aromatic heterocycles. The highest BCUT2D eigenvalue weighted by Gasteiger charge is 2.09. The Morgan fingerprint density at radius 1 is 1.29 bits per heavy atom. The van der Waals surface area contributed by atoms with Crippen LogP contribution in [-0.2, 0) is 9.59 Å². The Balaban J connectivity index is 2.56. The molecule has 10 heteroatoms. The van der Waals surface area contributed by atoms with E-state index in [1.54, 1.807) is 18.3 Å². The molecule has 1 rings (SSSR count). The fourth-order valence-corrected chi connectivity index (χ4v) is 1.57. The number of carboxylic acid groups (broad SMARTS) is 1. The Hall–Kier alpha value is -3.61. The number of hydrogen-bond acceptors (Lipinski definition) is 5. The van der Waals surface area contributed by atoms with E-state index in [0.29, 0.717) is 5.69 Å². The minimum Gasteiger partial charge on any atom is -0.481 e. The zero-order chi connectivity index (χ0) is 17.9. The van der Waals surface area contributed by atoms with E-state index in [9.17, 15) is 14.4 Å². The molecule has 1 aromatic rings. The molecule has 0 aliphatic heterocycles. The highest BCUT2D eigenvalue weighted by atomic mass is 16.4. The van der Waals surface area contributed by atoms with Gasteiger partial charge >= 0.3 is 5.97 Å². The smallest absolute Gasteiger partial charge is 0.305 e. The molecule has 0 spiro atoms. The first-order valence-corrected chi connectivity index (χ1v) is 6.78. The van der Waals surface area contributed by atoms with Crippen molar-refractivity contribution in [2.24, 2.45) is 10.7 Å². The molecule has 0 unspecified atom stereocenters. The Kier molecular flexibility index (Phi) is 7.23. The minimum absolute atomic E-state index is 0.0145. The van der Waals surface area contributed by atoms with E-state index < -0.39 is 17.8 Å². The SMILES string of the molecule is N#CNC(N)=Nc1cccc(C(=O)NCC(=O)NCCC(=O)O)c1. The van der Waals surface area contributed by atoms with Crippen molar-refractivity contribution in [2.45, 2.75) is 6.42 Å². The summed E-state index contributed by atoms with van der Waals surface area (Å²) in [4.78, 5) is 37.6. The lowest BCUT2D eigenvalue weighted by Gasteiger charge is -2.06. The molecule has 1 aromatic carbocycles. The van der Waals surface area contributed by atoms with Crippen molar-refractivity contribution in [2.75, 3.05) is 13.1 Å². The number of nitriles is 1. The molecule has 0 heterocycles. The van der Waals surface area contributed by atoms with Crippen LogP contribution in [-0.4, -0.2) is 41.9 Å². The maximum atomic E-state index is 12.0. The predicted octanol–water partition coefficient (Wildman–Crippen LogP) is -0.976. The quantitative estimate of drug-likeness (QED) is 0.185. The summed E-state index contributed by atoms with van der Waals surface area (Å²) in [7, 11) is 0. The topological polar surface area (TPSA) is 170 Å². The first kappa shape index (κ1) is 18.4. The summed E-state index contributed by atoms with van der Waals surface area (Å²) in [6.07, 6.45) is 1.42. The Morgan fingerprint density at radius 2 is 2.04 bits per heavy atom. The molecule has 2 amide bonds. The number of rotatable bonds is 7. The number of nitrogens with two attached hydrogens (primary N) is 1. The third-order valence-electron chi connectivity index (χ3n) is 2.61. The van der Waals surface area contributed by atoms with Gasteiger partial charge in [0, 0.05) is 12.1 Å². The van der Waals surface area contributed by atoms with Crippen LogP contribution in [0.15, 0.2) is 29.3 Å². The number of nitrogens with zero attached hydrogens (tertiary/aromatic N) is 2. The molecular formula is C14H16N6O4. The first-order chi connectivity index (χ1) is 11.4. The summed E-state index contributed by atoms with van der Waals surface area (Å²) in [6.45, 7) is -0.302. The van der Waals surface area contributed by atoms with Gasteiger partial charge in [-0.25, -0.2) is 4.99 Å². The monoisotopic (exact) mass is 332 g/mol. The largest absolute Gasteiger partial charge is 0.481 e. The minimum atomic E-state index is -1.03. The molecule has 0 bridgehead atoms. The molecule has 10 nitrogen and oxygen atoms in total. The number of carboxylic acids is 1. The molecule has 0 saturated heterocycles. The van der Waals surface area contributed by atoms with Gasteiger partial charge < -0.3 is 21.5 Å². The van der Waals surface area contributed by atoms with E-state index in [4.69, 9.17) is 16.1 Å². The van der Waals surface area contributed by atoms with Gasteiger partial charge in [-0.3, -0.25) is 19.7 Å². The predicted molar refractivity (Wildman–Crippen MR) is 84.1 cm³/mol. The van der Waals surface area contributed by atoms with E-state index in [1.807, 2.05) is 0 Å². The number of benzene rings is 1. The van der Waals surface area contributed by atoms with Crippen molar-refractivity contribution >= 4 is 29.4 Å². The number of hydrogen-bond donors (Lipinski definition) is 5. The summed E-state index contributed by atoms with van der Waals surface area (Å²) in [5.41, 5.74) is 6.03. The number of carbonyl (C=O) groups excluding carboxylic acids is 2. The van der Waals surface area contributed by atoms with Gasteiger partial charge in [0.05, 0.1) is 18.7 Å². The van der Waals surface area contributed by atoms with Gasteiger partial charge in [0.25, 0.3) is 5.91 Å². The lowest BCUT2D eigenvalue weighted by Crippen LogP contribution is -2.37. The van der Waals surface area contributed by atoms with Crippen molar-refractivity contribution in [3.8, 4) is 6.19 Å². The van der Waals surface area contributed by atoms with Crippen molar-refractivity contribution in [3.05, 3.63) is 29.8 Å². The number of carbonyl (C=O) groups is 3. The van der Waals surface area contributed by atoms with E-state index >= 15 is 0 Å². The van der Waals surface area contributed by atoms with Gasteiger partial charge in [0.2, 0.25) is 11.9 Å². The first-order valence-electron chi connectivity index (χ1n) is 6.78. The van der Waals surface area contributed by atoms with Crippen LogP contribution in [0.4, 0.5) is 5.69 Å². The van der Waals surface area contributed by atoms with E-state index in [2.05, 4.69) is 20.9 Å². The Morgan fingerprint density at radius 3 is 2.71 bits per heavy atom. The fraction of sp³-hybridized carbons (Fsp3) is 0.214. The lowest BCUT2D eigenvalue weighted by molar-refractivity contribution is -0.136. The van der Waals surface area contributed by atoms with Crippen molar-refractivity contribution in [1.29, 1.82) is 5.26 Å². The number of aliphatic imine (C=N–C) groups is 1. The van der Waals surface area contributed by atoms with Gasteiger partial charge in [-0.1, -0.05) is 6.07 Å². The zero-order valence-electron chi connectivity index (χ0n) is 12.6. The van der Waals surface area contributed by atoms with Crippen LogP contribution in [0.1, 0.15) is 16.8 Å². The van der Waals surface area contributed by atoms with Gasteiger partial charge in [-0.15, -0.1) is 0 Å². The van der Waals surface area contributed by atoms with Gasteiger partial charge in [0.15, 0.2) is 6.19 Å². The van der Waals surface area contributed by atoms with E-state index in [0.717, 1.165) is 0 Å². The third kappa shape index (κ3) is 6.90. The number of guanidine groups is 1. The highest BCUT2D eigenvalue weighted by molar-refractivity contribution is 5.97. The number of amides is 2.